The fourth-order valence-electron chi connectivity index (χ4n) is 2.85. The summed E-state index contributed by atoms with van der Waals surface area (Å²) in [6.07, 6.45) is 1.40. The van der Waals surface area contributed by atoms with Crippen molar-refractivity contribution in [2.45, 2.75) is 37.1 Å². The van der Waals surface area contributed by atoms with Crippen molar-refractivity contribution in [2.75, 3.05) is 5.75 Å². The highest BCUT2D eigenvalue weighted by Gasteiger charge is 2.17. The summed E-state index contributed by atoms with van der Waals surface area (Å²) in [6, 6.07) is 18.5. The average molecular weight is 385 g/mol. The molecular formula is C21H24N2OS2. The predicted octanol–water partition coefficient (Wildman–Crippen LogP) is 5.68. The highest BCUT2D eigenvalue weighted by molar-refractivity contribution is 8.01. The van der Waals surface area contributed by atoms with Crippen molar-refractivity contribution in [1.82, 2.24) is 10.3 Å². The molecule has 0 saturated carbocycles. The van der Waals surface area contributed by atoms with Gasteiger partial charge in [0.1, 0.15) is 0 Å². The number of carbonyl (C=O) groups excluding carboxylic acids is 1. The molecule has 26 heavy (non-hydrogen) atoms. The molecule has 3 nitrogen and oxygen atoms in total. The molecule has 1 amide bonds. The van der Waals surface area contributed by atoms with Crippen LogP contribution in [0.1, 0.15) is 38.3 Å². The molecule has 1 N–H and O–H groups in total. The summed E-state index contributed by atoms with van der Waals surface area (Å²) in [5.41, 5.74) is 2.22. The maximum Gasteiger partial charge on any atom is 0.220 e. The van der Waals surface area contributed by atoms with Gasteiger partial charge in [-0.05, 0) is 30.0 Å². The normalized spacial score (nSPS) is 12.4. The van der Waals surface area contributed by atoms with Crippen LogP contribution in [0.5, 0.6) is 0 Å². The Hall–Kier alpha value is -1.85. The first-order valence-corrected chi connectivity index (χ1v) is 10.8. The van der Waals surface area contributed by atoms with Gasteiger partial charge in [0.2, 0.25) is 5.91 Å². The van der Waals surface area contributed by atoms with Gasteiger partial charge in [0.15, 0.2) is 4.34 Å². The van der Waals surface area contributed by atoms with Gasteiger partial charge in [-0.25, -0.2) is 4.98 Å². The summed E-state index contributed by atoms with van der Waals surface area (Å²) in [5, 5.41) is 3.19. The van der Waals surface area contributed by atoms with E-state index < -0.39 is 0 Å². The molecule has 0 radical (unpaired) electrons. The first kappa shape index (κ1) is 18.9. The smallest absolute Gasteiger partial charge is 0.220 e. The highest BCUT2D eigenvalue weighted by atomic mass is 32.2. The van der Waals surface area contributed by atoms with E-state index in [0.717, 1.165) is 22.0 Å². The summed E-state index contributed by atoms with van der Waals surface area (Å²) < 4.78 is 2.30. The Bertz CT molecular complexity index is 812. The number of amides is 1. The van der Waals surface area contributed by atoms with Crippen LogP contribution >= 0.6 is 23.1 Å². The SMILES string of the molecule is CC(C)C(NC(=O)CCCSc1nc2ccccc2s1)c1ccccc1. The Morgan fingerprint density at radius 3 is 2.58 bits per heavy atom. The molecule has 1 unspecified atom stereocenters. The number of thioether (sulfide) groups is 1. The van der Waals surface area contributed by atoms with Crippen molar-refractivity contribution >= 4 is 39.2 Å². The van der Waals surface area contributed by atoms with Crippen molar-refractivity contribution in [1.29, 1.82) is 0 Å². The van der Waals surface area contributed by atoms with Crippen molar-refractivity contribution in [3.05, 3.63) is 60.2 Å². The van der Waals surface area contributed by atoms with E-state index in [0.29, 0.717) is 12.3 Å². The van der Waals surface area contributed by atoms with Crippen LogP contribution in [0.15, 0.2) is 58.9 Å². The number of aromatic nitrogens is 1. The zero-order valence-corrected chi connectivity index (χ0v) is 16.8. The molecule has 1 aromatic heterocycles. The zero-order chi connectivity index (χ0) is 18.4. The Balaban J connectivity index is 1.46. The lowest BCUT2D eigenvalue weighted by molar-refractivity contribution is -0.122. The summed E-state index contributed by atoms with van der Waals surface area (Å²) in [5.74, 6) is 1.39. The minimum Gasteiger partial charge on any atom is -0.349 e. The van der Waals surface area contributed by atoms with E-state index in [2.05, 4.69) is 42.3 Å². The minimum atomic E-state index is 0.0700. The standard InChI is InChI=1S/C21H24N2OS2/c1-15(2)20(16-9-4-3-5-10-16)23-19(24)13-8-14-25-21-22-17-11-6-7-12-18(17)26-21/h3-7,9-12,15,20H,8,13-14H2,1-2H3,(H,23,24). The first-order valence-electron chi connectivity index (χ1n) is 8.96. The van der Waals surface area contributed by atoms with Gasteiger partial charge >= 0.3 is 0 Å². The van der Waals surface area contributed by atoms with Gasteiger partial charge < -0.3 is 5.32 Å². The summed E-state index contributed by atoms with van der Waals surface area (Å²) in [7, 11) is 0. The lowest BCUT2D eigenvalue weighted by Gasteiger charge is -2.23. The number of thiazole rings is 1. The quantitative estimate of drug-likeness (QED) is 0.401. The fraction of sp³-hybridized carbons (Fsp3) is 0.333. The Labute approximate surface area is 163 Å². The zero-order valence-electron chi connectivity index (χ0n) is 15.1. The lowest BCUT2D eigenvalue weighted by atomic mass is 9.96. The average Bonchev–Trinajstić information content (AvgIpc) is 3.06. The van der Waals surface area contributed by atoms with Gasteiger partial charge in [0.05, 0.1) is 16.3 Å². The number of hydrogen-bond donors (Lipinski definition) is 1. The number of hydrogen-bond acceptors (Lipinski definition) is 4. The monoisotopic (exact) mass is 384 g/mol. The molecule has 0 spiro atoms. The van der Waals surface area contributed by atoms with E-state index in [1.807, 2.05) is 36.4 Å². The third-order valence-electron chi connectivity index (χ3n) is 4.19. The van der Waals surface area contributed by atoms with E-state index in [9.17, 15) is 4.79 Å². The molecule has 0 aliphatic carbocycles. The van der Waals surface area contributed by atoms with E-state index in [4.69, 9.17) is 0 Å². The Kier molecular flexibility index (Phi) is 6.69. The van der Waals surface area contributed by atoms with E-state index in [1.54, 1.807) is 23.1 Å². The molecule has 0 fully saturated rings. The van der Waals surface area contributed by atoms with Crippen LogP contribution in [0.3, 0.4) is 0 Å². The highest BCUT2D eigenvalue weighted by Crippen LogP contribution is 2.29. The largest absolute Gasteiger partial charge is 0.349 e. The van der Waals surface area contributed by atoms with Crippen LogP contribution in [0.4, 0.5) is 0 Å². The van der Waals surface area contributed by atoms with Crippen LogP contribution in [0, 0.1) is 5.92 Å². The van der Waals surface area contributed by atoms with E-state index in [-0.39, 0.29) is 11.9 Å². The second kappa shape index (κ2) is 9.19. The van der Waals surface area contributed by atoms with Gasteiger partial charge in [0.25, 0.3) is 0 Å². The molecule has 0 aliphatic rings. The molecule has 0 bridgehead atoms. The second-order valence-electron chi connectivity index (χ2n) is 6.60. The van der Waals surface area contributed by atoms with Crippen molar-refractivity contribution in [2.24, 2.45) is 5.92 Å². The third-order valence-corrected chi connectivity index (χ3v) is 6.46. The maximum atomic E-state index is 12.4. The van der Waals surface area contributed by atoms with E-state index >= 15 is 0 Å². The fourth-order valence-corrected chi connectivity index (χ4v) is 4.92. The van der Waals surface area contributed by atoms with Gasteiger partial charge in [-0.15, -0.1) is 11.3 Å². The van der Waals surface area contributed by atoms with Crippen molar-refractivity contribution in [3.8, 4) is 0 Å². The second-order valence-corrected chi connectivity index (χ2v) is 8.97. The summed E-state index contributed by atoms with van der Waals surface area (Å²) >= 11 is 3.46. The van der Waals surface area contributed by atoms with Crippen LogP contribution in [0.2, 0.25) is 0 Å². The topological polar surface area (TPSA) is 42.0 Å². The molecular weight excluding hydrogens is 360 g/mol. The van der Waals surface area contributed by atoms with Crippen LogP contribution in [-0.4, -0.2) is 16.6 Å². The predicted molar refractivity (Wildman–Crippen MR) is 112 cm³/mol. The van der Waals surface area contributed by atoms with Crippen LogP contribution in [-0.2, 0) is 4.79 Å². The Morgan fingerprint density at radius 2 is 1.85 bits per heavy atom. The minimum absolute atomic E-state index is 0.0700. The molecule has 0 saturated heterocycles. The third kappa shape index (κ3) is 5.08. The molecule has 0 aliphatic heterocycles. The molecule has 3 rings (SSSR count). The number of para-hydroxylation sites is 1. The van der Waals surface area contributed by atoms with Gasteiger partial charge in [0, 0.05) is 12.2 Å². The molecule has 5 heteroatoms. The van der Waals surface area contributed by atoms with Gasteiger partial charge in [-0.2, -0.15) is 0 Å². The first-order chi connectivity index (χ1) is 12.6. The lowest BCUT2D eigenvalue weighted by Crippen LogP contribution is -2.31. The van der Waals surface area contributed by atoms with Crippen molar-refractivity contribution < 1.29 is 4.79 Å². The maximum absolute atomic E-state index is 12.4. The number of carbonyl (C=O) groups is 1. The van der Waals surface area contributed by atoms with Gasteiger partial charge in [-0.1, -0.05) is 68.1 Å². The van der Waals surface area contributed by atoms with E-state index in [1.165, 1.54) is 10.3 Å². The van der Waals surface area contributed by atoms with Crippen LogP contribution < -0.4 is 5.32 Å². The number of benzene rings is 2. The number of rotatable bonds is 8. The number of fused-ring (bicyclic) bond motifs is 1. The number of nitrogens with zero attached hydrogens (tertiary/aromatic N) is 1. The molecule has 2 aromatic carbocycles. The summed E-state index contributed by atoms with van der Waals surface area (Å²) in [4.78, 5) is 17.0. The molecule has 3 aromatic rings. The van der Waals surface area contributed by atoms with Crippen molar-refractivity contribution in [3.63, 3.8) is 0 Å². The Morgan fingerprint density at radius 1 is 1.12 bits per heavy atom. The molecule has 136 valence electrons. The van der Waals surface area contributed by atoms with Gasteiger partial charge in [-0.3, -0.25) is 4.79 Å². The summed E-state index contributed by atoms with van der Waals surface area (Å²) in [6.45, 7) is 4.28. The van der Waals surface area contributed by atoms with Crippen LogP contribution in [0.25, 0.3) is 10.2 Å². The number of nitrogens with one attached hydrogen (secondary N) is 1. The molecule has 1 atom stereocenters. The molecule has 1 heterocycles.